The molecule has 24 heavy (non-hydrogen) atoms. The van der Waals surface area contributed by atoms with Crippen LogP contribution in [-0.4, -0.2) is 46.8 Å². The molecule has 0 unspecified atom stereocenters. The van der Waals surface area contributed by atoms with Gasteiger partial charge in [-0.15, -0.1) is 0 Å². The number of carbonyl (C=O) groups excluding carboxylic acids is 1. The predicted molar refractivity (Wildman–Crippen MR) is 93.0 cm³/mol. The second-order valence-electron chi connectivity index (χ2n) is 6.86. The van der Waals surface area contributed by atoms with Crippen molar-refractivity contribution in [1.29, 1.82) is 0 Å². The Hall–Kier alpha value is -2.50. The molecule has 0 bridgehead atoms. The third-order valence-electron chi connectivity index (χ3n) is 3.91. The summed E-state index contributed by atoms with van der Waals surface area (Å²) in [7, 11) is 1.61. The monoisotopic (exact) mass is 329 g/mol. The summed E-state index contributed by atoms with van der Waals surface area (Å²) in [4.78, 5) is 21.6. The smallest absolute Gasteiger partial charge is 0.410 e. The molecule has 0 saturated carbocycles. The molecule has 0 aromatic carbocycles. The largest absolute Gasteiger partial charge is 0.481 e. The van der Waals surface area contributed by atoms with Crippen molar-refractivity contribution in [2.45, 2.75) is 32.8 Å². The van der Waals surface area contributed by atoms with E-state index in [2.05, 4.69) is 16.0 Å². The van der Waals surface area contributed by atoms with Crippen molar-refractivity contribution >= 4 is 22.7 Å². The summed E-state index contributed by atoms with van der Waals surface area (Å²) in [5.41, 5.74) is 3.64. The van der Waals surface area contributed by atoms with Gasteiger partial charge in [-0.2, -0.15) is 0 Å². The molecule has 0 atom stereocenters. The van der Waals surface area contributed by atoms with Crippen molar-refractivity contribution in [3.63, 3.8) is 0 Å². The van der Waals surface area contributed by atoms with E-state index < -0.39 is 5.60 Å². The van der Waals surface area contributed by atoms with Gasteiger partial charge < -0.3 is 19.4 Å². The lowest BCUT2D eigenvalue weighted by Crippen LogP contribution is -2.39. The third kappa shape index (κ3) is 3.37. The number of hydrogen-bond acceptors (Lipinski definition) is 4. The van der Waals surface area contributed by atoms with Crippen molar-refractivity contribution in [3.8, 4) is 5.88 Å². The number of carbonyl (C=O) groups is 1. The fourth-order valence-electron chi connectivity index (χ4n) is 2.75. The molecule has 3 heterocycles. The fourth-order valence-corrected chi connectivity index (χ4v) is 2.75. The molecule has 0 saturated heterocycles. The van der Waals surface area contributed by atoms with Gasteiger partial charge in [-0.25, -0.2) is 9.78 Å². The highest BCUT2D eigenvalue weighted by Gasteiger charge is 2.24. The van der Waals surface area contributed by atoms with Crippen LogP contribution in [0.4, 0.5) is 4.79 Å². The van der Waals surface area contributed by atoms with Gasteiger partial charge in [-0.05, 0) is 38.8 Å². The van der Waals surface area contributed by atoms with Crippen molar-refractivity contribution in [2.75, 3.05) is 20.2 Å². The average molecular weight is 329 g/mol. The zero-order valence-corrected chi connectivity index (χ0v) is 14.5. The number of aromatic amines is 1. The molecule has 1 amide bonds. The first-order valence-corrected chi connectivity index (χ1v) is 8.07. The second-order valence-corrected chi connectivity index (χ2v) is 6.86. The molecule has 0 aliphatic carbocycles. The van der Waals surface area contributed by atoms with E-state index in [9.17, 15) is 4.79 Å². The maximum atomic E-state index is 12.1. The molecular weight excluding hydrogens is 306 g/mol. The molecule has 2 aromatic heterocycles. The van der Waals surface area contributed by atoms with Gasteiger partial charge in [0.15, 0.2) is 0 Å². The number of methoxy groups -OCH3 is 1. The van der Waals surface area contributed by atoms with Crippen LogP contribution in [0.25, 0.3) is 16.6 Å². The number of nitrogens with one attached hydrogen (secondary N) is 1. The topological polar surface area (TPSA) is 67.5 Å². The number of aromatic nitrogens is 2. The minimum atomic E-state index is -0.474. The number of H-pyrrole nitrogens is 1. The van der Waals surface area contributed by atoms with Gasteiger partial charge >= 0.3 is 6.09 Å². The molecule has 6 nitrogen and oxygen atoms in total. The minimum Gasteiger partial charge on any atom is -0.481 e. The van der Waals surface area contributed by atoms with E-state index in [4.69, 9.17) is 9.47 Å². The fraction of sp³-hybridized carbons (Fsp3) is 0.444. The zero-order chi connectivity index (χ0) is 17.3. The first-order chi connectivity index (χ1) is 11.4. The summed E-state index contributed by atoms with van der Waals surface area (Å²) in [6.45, 7) is 6.81. The van der Waals surface area contributed by atoms with Crippen LogP contribution in [-0.2, 0) is 4.74 Å². The van der Waals surface area contributed by atoms with E-state index in [0.717, 1.165) is 23.0 Å². The molecule has 3 rings (SSSR count). The lowest BCUT2D eigenvalue weighted by Gasteiger charge is -2.29. The number of pyridine rings is 1. The maximum Gasteiger partial charge on any atom is 0.410 e. The normalized spacial score (nSPS) is 15.3. The summed E-state index contributed by atoms with van der Waals surface area (Å²) >= 11 is 0. The van der Waals surface area contributed by atoms with E-state index in [1.54, 1.807) is 12.0 Å². The number of nitrogens with zero attached hydrogens (tertiary/aromatic N) is 2. The summed E-state index contributed by atoms with van der Waals surface area (Å²) in [6.07, 6.45) is 4.53. The summed E-state index contributed by atoms with van der Waals surface area (Å²) in [5.74, 6) is 0.593. The van der Waals surface area contributed by atoms with Gasteiger partial charge in [0.25, 0.3) is 0 Å². The van der Waals surface area contributed by atoms with E-state index in [-0.39, 0.29) is 6.09 Å². The molecule has 1 aliphatic heterocycles. The highest BCUT2D eigenvalue weighted by Crippen LogP contribution is 2.29. The molecule has 128 valence electrons. The molecule has 1 aliphatic rings. The summed E-state index contributed by atoms with van der Waals surface area (Å²) in [5, 5.41) is 0. The highest BCUT2D eigenvalue weighted by molar-refractivity contribution is 5.90. The van der Waals surface area contributed by atoms with Crippen molar-refractivity contribution in [3.05, 3.63) is 30.0 Å². The first kappa shape index (κ1) is 16.4. The van der Waals surface area contributed by atoms with Crippen LogP contribution < -0.4 is 4.74 Å². The lowest BCUT2D eigenvalue weighted by molar-refractivity contribution is 0.0270. The Bertz CT molecular complexity index is 786. The number of fused-ring (bicyclic) bond motifs is 1. The Morgan fingerprint density at radius 1 is 1.33 bits per heavy atom. The predicted octanol–water partition coefficient (Wildman–Crippen LogP) is 3.60. The van der Waals surface area contributed by atoms with Crippen LogP contribution in [0.5, 0.6) is 5.88 Å². The minimum absolute atomic E-state index is 0.267. The maximum absolute atomic E-state index is 12.1. The average Bonchev–Trinajstić information content (AvgIpc) is 2.96. The molecule has 0 radical (unpaired) electrons. The van der Waals surface area contributed by atoms with Crippen LogP contribution in [0.3, 0.4) is 0 Å². The van der Waals surface area contributed by atoms with Gasteiger partial charge in [-0.3, -0.25) is 0 Å². The lowest BCUT2D eigenvalue weighted by atomic mass is 10.0. The third-order valence-corrected chi connectivity index (χ3v) is 3.91. The Balaban J connectivity index is 1.79. The Kier molecular flexibility index (Phi) is 4.22. The van der Waals surface area contributed by atoms with Crippen LogP contribution in [0, 0.1) is 0 Å². The van der Waals surface area contributed by atoms with Gasteiger partial charge in [0.2, 0.25) is 5.88 Å². The number of ether oxygens (including phenoxy) is 2. The Labute approximate surface area is 141 Å². The van der Waals surface area contributed by atoms with Crippen molar-refractivity contribution < 1.29 is 14.3 Å². The number of rotatable bonds is 2. The van der Waals surface area contributed by atoms with Gasteiger partial charge in [0, 0.05) is 30.9 Å². The van der Waals surface area contributed by atoms with E-state index in [0.29, 0.717) is 19.0 Å². The van der Waals surface area contributed by atoms with Crippen LogP contribution >= 0.6 is 0 Å². The van der Waals surface area contributed by atoms with E-state index in [1.807, 2.05) is 39.1 Å². The quantitative estimate of drug-likeness (QED) is 0.914. The van der Waals surface area contributed by atoms with Crippen molar-refractivity contribution in [1.82, 2.24) is 14.9 Å². The van der Waals surface area contributed by atoms with E-state index in [1.165, 1.54) is 5.57 Å². The van der Waals surface area contributed by atoms with Gasteiger partial charge in [0.05, 0.1) is 18.1 Å². The summed E-state index contributed by atoms with van der Waals surface area (Å²) < 4.78 is 10.6. The first-order valence-electron chi connectivity index (χ1n) is 8.07. The zero-order valence-electron chi connectivity index (χ0n) is 14.5. The summed E-state index contributed by atoms with van der Waals surface area (Å²) in [6, 6.07) is 3.79. The highest BCUT2D eigenvalue weighted by atomic mass is 16.6. The second kappa shape index (κ2) is 6.19. The van der Waals surface area contributed by atoms with E-state index >= 15 is 0 Å². The Morgan fingerprint density at radius 2 is 2.12 bits per heavy atom. The SMILES string of the molecule is COc1ccc2[nH]cc(C3=CCN(C(=O)OC(C)(C)C)CC3)c2n1. The molecule has 1 N–H and O–H groups in total. The number of amides is 1. The molecule has 2 aromatic rings. The molecule has 0 fully saturated rings. The van der Waals surface area contributed by atoms with Crippen LogP contribution in [0.1, 0.15) is 32.8 Å². The molecule has 0 spiro atoms. The van der Waals surface area contributed by atoms with Gasteiger partial charge in [-0.1, -0.05) is 6.08 Å². The standard InChI is InChI=1S/C18H23N3O3/c1-18(2,3)24-17(22)21-9-7-12(8-10-21)13-11-19-14-5-6-15(23-4)20-16(13)14/h5-7,11,19H,8-10H2,1-4H3. The Morgan fingerprint density at radius 3 is 2.75 bits per heavy atom. The van der Waals surface area contributed by atoms with Crippen molar-refractivity contribution in [2.24, 2.45) is 0 Å². The number of hydrogen-bond donors (Lipinski definition) is 1. The van der Waals surface area contributed by atoms with Crippen LogP contribution in [0.15, 0.2) is 24.4 Å². The van der Waals surface area contributed by atoms with Crippen LogP contribution in [0.2, 0.25) is 0 Å². The van der Waals surface area contributed by atoms with Gasteiger partial charge in [0.1, 0.15) is 5.60 Å². The molecule has 6 heteroatoms. The molecular formula is C18H23N3O3.